The zero-order chi connectivity index (χ0) is 15.4. The Morgan fingerprint density at radius 3 is 2.40 bits per heavy atom. The molecule has 1 rings (SSSR count). The van der Waals surface area contributed by atoms with Crippen LogP contribution in [-0.4, -0.2) is 33.0 Å². The molecule has 1 aromatic rings. The Morgan fingerprint density at radius 1 is 1.30 bits per heavy atom. The van der Waals surface area contributed by atoms with Gasteiger partial charge in [0.1, 0.15) is 0 Å². The van der Waals surface area contributed by atoms with Crippen molar-refractivity contribution in [1.82, 2.24) is 4.98 Å². The van der Waals surface area contributed by atoms with Gasteiger partial charge in [0.05, 0.1) is 12.7 Å². The number of aromatic nitrogens is 1. The van der Waals surface area contributed by atoms with Crippen LogP contribution in [0.4, 0.5) is 0 Å². The summed E-state index contributed by atoms with van der Waals surface area (Å²) in [4.78, 5) is 15.6. The van der Waals surface area contributed by atoms with Crippen molar-refractivity contribution >= 4 is 14.3 Å². The summed E-state index contributed by atoms with van der Waals surface area (Å²) in [5.74, 6) is -0.360. The van der Waals surface area contributed by atoms with E-state index in [2.05, 4.69) is 43.6 Å². The molecule has 0 saturated carbocycles. The summed E-state index contributed by atoms with van der Waals surface area (Å²) in [5, 5.41) is 0.217. The Labute approximate surface area is 122 Å². The molecule has 0 unspecified atom stereocenters. The van der Waals surface area contributed by atoms with E-state index in [1.54, 1.807) is 12.3 Å². The molecule has 0 bridgehead atoms. The van der Waals surface area contributed by atoms with E-state index >= 15 is 0 Å². The molecule has 0 fully saturated rings. The van der Waals surface area contributed by atoms with Gasteiger partial charge in [0.15, 0.2) is 8.32 Å². The van der Waals surface area contributed by atoms with Crippen LogP contribution in [0.1, 0.15) is 36.8 Å². The predicted octanol–water partition coefficient (Wildman–Crippen LogP) is 3.43. The molecule has 5 heteroatoms. The normalized spacial score (nSPS) is 12.3. The lowest BCUT2D eigenvalue weighted by atomic mass is 10.2. The molecule has 0 aliphatic carbocycles. The van der Waals surface area contributed by atoms with Crippen LogP contribution < -0.4 is 0 Å². The minimum Gasteiger partial charge on any atom is -0.465 e. The van der Waals surface area contributed by atoms with Crippen LogP contribution in [0.25, 0.3) is 0 Å². The lowest BCUT2D eigenvalue weighted by Crippen LogP contribution is -2.41. The number of pyridine rings is 1. The molecule has 1 heterocycles. The van der Waals surface area contributed by atoms with Crippen molar-refractivity contribution in [3.05, 3.63) is 29.6 Å². The first kappa shape index (κ1) is 16.9. The topological polar surface area (TPSA) is 48.4 Å². The summed E-state index contributed by atoms with van der Waals surface area (Å²) in [6.07, 6.45) is 2.31. The van der Waals surface area contributed by atoms with Gasteiger partial charge in [-0.15, -0.1) is 0 Å². The van der Waals surface area contributed by atoms with Gasteiger partial charge in [-0.05, 0) is 30.3 Å². The molecule has 0 aromatic carbocycles. The molecule has 0 spiro atoms. The number of rotatable bonds is 5. The minimum atomic E-state index is -1.70. The smallest absolute Gasteiger partial charge is 0.339 e. The molecular weight excluding hydrogens is 270 g/mol. The van der Waals surface area contributed by atoms with Crippen molar-refractivity contribution < 1.29 is 14.0 Å². The van der Waals surface area contributed by atoms with Crippen LogP contribution in [0, 0.1) is 0 Å². The van der Waals surface area contributed by atoms with E-state index in [4.69, 9.17) is 4.43 Å². The van der Waals surface area contributed by atoms with Gasteiger partial charge in [-0.1, -0.05) is 20.8 Å². The van der Waals surface area contributed by atoms with Crippen LogP contribution in [0.3, 0.4) is 0 Å². The minimum absolute atomic E-state index is 0.217. The van der Waals surface area contributed by atoms with Gasteiger partial charge in [-0.25, -0.2) is 4.79 Å². The van der Waals surface area contributed by atoms with Crippen molar-refractivity contribution in [3.63, 3.8) is 0 Å². The van der Waals surface area contributed by atoms with Crippen molar-refractivity contribution in [2.75, 3.05) is 13.7 Å². The third-order valence-corrected chi connectivity index (χ3v) is 8.41. The summed E-state index contributed by atoms with van der Waals surface area (Å²) < 4.78 is 10.7. The molecule has 4 nitrogen and oxygen atoms in total. The van der Waals surface area contributed by atoms with E-state index in [0.717, 1.165) is 12.1 Å². The third-order valence-electron chi connectivity index (χ3n) is 3.87. The van der Waals surface area contributed by atoms with E-state index in [-0.39, 0.29) is 11.0 Å². The number of ether oxygens (including phenoxy) is 1. The molecule has 0 atom stereocenters. The first-order valence-electron chi connectivity index (χ1n) is 6.84. The number of carbonyl (C=O) groups is 1. The van der Waals surface area contributed by atoms with Crippen LogP contribution in [0.5, 0.6) is 0 Å². The Kier molecular flexibility index (Phi) is 5.47. The number of carbonyl (C=O) groups excluding carboxylic acids is 1. The van der Waals surface area contributed by atoms with E-state index in [0.29, 0.717) is 12.2 Å². The van der Waals surface area contributed by atoms with Crippen LogP contribution >= 0.6 is 0 Å². The van der Waals surface area contributed by atoms with Crippen molar-refractivity contribution in [3.8, 4) is 0 Å². The number of methoxy groups -OCH3 is 1. The number of nitrogens with zero attached hydrogens (tertiary/aromatic N) is 1. The van der Waals surface area contributed by atoms with Crippen molar-refractivity contribution in [1.29, 1.82) is 0 Å². The van der Waals surface area contributed by atoms with Crippen molar-refractivity contribution in [2.24, 2.45) is 0 Å². The highest BCUT2D eigenvalue weighted by molar-refractivity contribution is 6.74. The predicted molar refractivity (Wildman–Crippen MR) is 82.4 cm³/mol. The molecule has 0 aliphatic rings. The van der Waals surface area contributed by atoms with E-state index in [1.165, 1.54) is 7.11 Å². The fourth-order valence-electron chi connectivity index (χ4n) is 1.44. The lowest BCUT2D eigenvalue weighted by molar-refractivity contribution is 0.0600. The molecule has 1 aromatic heterocycles. The highest BCUT2D eigenvalue weighted by Gasteiger charge is 2.36. The Balaban J connectivity index is 2.53. The molecule has 0 amide bonds. The summed E-state index contributed by atoms with van der Waals surface area (Å²) >= 11 is 0. The molecule has 20 heavy (non-hydrogen) atoms. The number of hydrogen-bond donors (Lipinski definition) is 0. The molecule has 0 radical (unpaired) electrons. The maximum atomic E-state index is 11.3. The lowest BCUT2D eigenvalue weighted by Gasteiger charge is -2.36. The molecule has 112 valence electrons. The van der Waals surface area contributed by atoms with Gasteiger partial charge in [0.25, 0.3) is 0 Å². The van der Waals surface area contributed by atoms with Crippen LogP contribution in [0.15, 0.2) is 18.3 Å². The van der Waals surface area contributed by atoms with E-state index < -0.39 is 8.32 Å². The standard InChI is InChI=1S/C15H25NO3Si/c1-15(2,3)20(5,6)19-10-9-13-8-7-12(11-16-13)14(17)18-4/h7-8,11H,9-10H2,1-6H3. The van der Waals surface area contributed by atoms with Gasteiger partial charge in [0, 0.05) is 24.9 Å². The summed E-state index contributed by atoms with van der Waals surface area (Å²) in [7, 11) is -0.331. The van der Waals surface area contributed by atoms with Gasteiger partial charge in [-0.2, -0.15) is 0 Å². The van der Waals surface area contributed by atoms with Crippen molar-refractivity contribution in [2.45, 2.75) is 45.3 Å². The van der Waals surface area contributed by atoms with Gasteiger partial charge in [-0.3, -0.25) is 4.98 Å². The monoisotopic (exact) mass is 295 g/mol. The van der Waals surface area contributed by atoms with Gasteiger partial charge < -0.3 is 9.16 Å². The quantitative estimate of drug-likeness (QED) is 0.617. The molecule has 0 aliphatic heterocycles. The largest absolute Gasteiger partial charge is 0.465 e. The first-order chi connectivity index (χ1) is 9.17. The molecular formula is C15H25NO3Si. The molecule has 0 N–H and O–H groups in total. The third kappa shape index (κ3) is 4.42. The first-order valence-corrected chi connectivity index (χ1v) is 9.75. The average Bonchev–Trinajstić information content (AvgIpc) is 2.37. The average molecular weight is 295 g/mol. The second kappa shape index (κ2) is 6.50. The fourth-order valence-corrected chi connectivity index (χ4v) is 2.48. The van der Waals surface area contributed by atoms with Gasteiger partial charge >= 0.3 is 5.97 Å². The Bertz CT molecular complexity index is 449. The number of hydrogen-bond acceptors (Lipinski definition) is 4. The SMILES string of the molecule is COC(=O)c1ccc(CCO[Si](C)(C)C(C)(C)C)nc1. The van der Waals surface area contributed by atoms with Gasteiger partial charge in [0.2, 0.25) is 0 Å². The number of esters is 1. The zero-order valence-corrected chi connectivity index (χ0v) is 14.3. The second-order valence-electron chi connectivity index (χ2n) is 6.39. The fraction of sp³-hybridized carbons (Fsp3) is 0.600. The highest BCUT2D eigenvalue weighted by atomic mass is 28.4. The second-order valence-corrected chi connectivity index (χ2v) is 11.2. The Morgan fingerprint density at radius 2 is 1.95 bits per heavy atom. The maximum Gasteiger partial charge on any atom is 0.339 e. The zero-order valence-electron chi connectivity index (χ0n) is 13.3. The maximum absolute atomic E-state index is 11.3. The molecule has 0 saturated heterocycles. The Hall–Kier alpha value is -1.20. The van der Waals surface area contributed by atoms with Crippen LogP contribution in [0.2, 0.25) is 18.1 Å². The van der Waals surface area contributed by atoms with E-state index in [9.17, 15) is 4.79 Å². The highest BCUT2D eigenvalue weighted by Crippen LogP contribution is 2.36. The van der Waals surface area contributed by atoms with E-state index in [1.807, 2.05) is 6.07 Å². The summed E-state index contributed by atoms with van der Waals surface area (Å²) in [6, 6.07) is 3.59. The van der Waals surface area contributed by atoms with Crippen LogP contribution in [-0.2, 0) is 15.6 Å². The summed E-state index contributed by atoms with van der Waals surface area (Å²) in [5.41, 5.74) is 1.40. The summed E-state index contributed by atoms with van der Waals surface area (Å²) in [6.45, 7) is 11.8.